The van der Waals surface area contributed by atoms with E-state index in [2.05, 4.69) is 25.7 Å². The van der Waals surface area contributed by atoms with Crippen LogP contribution in [0.25, 0.3) is 0 Å². The number of carbonyl (C=O) groups excluding carboxylic acids is 1. The Balaban J connectivity index is 1.18. The number of aromatic amines is 1. The van der Waals surface area contributed by atoms with Crippen LogP contribution in [0.2, 0.25) is 0 Å². The number of rotatable bonds is 5. The minimum Gasteiger partial charge on any atom is -0.408 e. The van der Waals surface area contributed by atoms with Crippen molar-refractivity contribution in [2.75, 3.05) is 18.4 Å². The lowest BCUT2D eigenvalue weighted by Crippen LogP contribution is -2.45. The Morgan fingerprint density at radius 3 is 2.67 bits per heavy atom. The van der Waals surface area contributed by atoms with Crippen LogP contribution in [-0.2, 0) is 11.0 Å². The monoisotopic (exact) mass is 424 g/mol. The van der Waals surface area contributed by atoms with Crippen molar-refractivity contribution in [3.63, 3.8) is 0 Å². The van der Waals surface area contributed by atoms with E-state index in [-0.39, 0.29) is 29.4 Å². The van der Waals surface area contributed by atoms with Gasteiger partial charge < -0.3 is 14.6 Å². The summed E-state index contributed by atoms with van der Waals surface area (Å²) in [5.74, 6) is -0.476. The maximum Gasteiger partial charge on any atom is 0.419 e. The topological polar surface area (TPSA) is 99.9 Å². The minimum atomic E-state index is -4.46. The fourth-order valence-electron chi connectivity index (χ4n) is 4.42. The van der Waals surface area contributed by atoms with E-state index >= 15 is 0 Å². The van der Waals surface area contributed by atoms with Gasteiger partial charge in [0.05, 0.1) is 11.3 Å². The van der Waals surface area contributed by atoms with Gasteiger partial charge in [-0.25, -0.2) is 0 Å². The lowest BCUT2D eigenvalue weighted by atomic mass is 9.93. The van der Waals surface area contributed by atoms with E-state index in [1.165, 1.54) is 12.8 Å². The number of likely N-dealkylation sites (tertiary alicyclic amines) is 1. The number of nitrogens with zero attached hydrogens (tertiary/aromatic N) is 4. The number of piperidine rings is 1. The third kappa shape index (κ3) is 3.54. The average Bonchev–Trinajstić information content (AvgIpc) is 3.54. The highest BCUT2D eigenvalue weighted by molar-refractivity contribution is 5.83. The number of nitrogens with one attached hydrogen (secondary N) is 2. The second kappa shape index (κ2) is 6.71. The average molecular weight is 424 g/mol. The SMILES string of the molecule is C[C@@H](Nc1nnc([C@@H]2C[C@H]2c2n[nH]cc2C(F)(F)F)o1)C(=O)N1CCC2(CC1)CC2. The Bertz CT molecular complexity index is 940. The molecule has 0 unspecified atom stereocenters. The van der Waals surface area contributed by atoms with Crippen LogP contribution < -0.4 is 5.32 Å². The Labute approximate surface area is 170 Å². The van der Waals surface area contributed by atoms with Crippen molar-refractivity contribution in [1.82, 2.24) is 25.3 Å². The van der Waals surface area contributed by atoms with E-state index in [1.54, 1.807) is 6.92 Å². The van der Waals surface area contributed by atoms with Crippen molar-refractivity contribution in [1.29, 1.82) is 0 Å². The van der Waals surface area contributed by atoms with E-state index in [0.29, 0.717) is 11.8 Å². The first-order chi connectivity index (χ1) is 14.3. The van der Waals surface area contributed by atoms with Crippen molar-refractivity contribution in [2.45, 2.75) is 63.1 Å². The third-order valence-corrected chi connectivity index (χ3v) is 6.68. The molecule has 2 N–H and O–H groups in total. The number of aromatic nitrogens is 4. The molecule has 0 aromatic carbocycles. The van der Waals surface area contributed by atoms with E-state index < -0.39 is 23.7 Å². The molecule has 11 heteroatoms. The van der Waals surface area contributed by atoms with Crippen LogP contribution in [0.5, 0.6) is 0 Å². The Kier molecular flexibility index (Phi) is 4.33. The summed E-state index contributed by atoms with van der Waals surface area (Å²) in [7, 11) is 0. The number of carbonyl (C=O) groups is 1. The van der Waals surface area contributed by atoms with E-state index in [9.17, 15) is 18.0 Å². The highest BCUT2D eigenvalue weighted by Crippen LogP contribution is 2.56. The summed E-state index contributed by atoms with van der Waals surface area (Å²) in [5.41, 5.74) is -0.292. The zero-order valence-electron chi connectivity index (χ0n) is 16.5. The number of anilines is 1. The molecule has 3 aliphatic rings. The van der Waals surface area contributed by atoms with E-state index in [0.717, 1.165) is 32.1 Å². The molecule has 1 amide bonds. The van der Waals surface area contributed by atoms with Gasteiger partial charge in [0.25, 0.3) is 0 Å². The highest BCUT2D eigenvalue weighted by Gasteiger charge is 2.50. The van der Waals surface area contributed by atoms with Gasteiger partial charge in [-0.05, 0) is 44.4 Å². The quantitative estimate of drug-likeness (QED) is 0.764. The molecule has 2 aromatic heterocycles. The highest BCUT2D eigenvalue weighted by atomic mass is 19.4. The summed E-state index contributed by atoms with van der Waals surface area (Å²) in [6.45, 7) is 3.29. The van der Waals surface area contributed by atoms with Gasteiger partial charge in [0.2, 0.25) is 11.8 Å². The molecule has 1 saturated heterocycles. The molecule has 0 radical (unpaired) electrons. The summed E-state index contributed by atoms with van der Waals surface area (Å²) >= 11 is 0. The molecule has 3 heterocycles. The van der Waals surface area contributed by atoms with Gasteiger partial charge in [-0.15, -0.1) is 5.10 Å². The van der Waals surface area contributed by atoms with Gasteiger partial charge in [-0.3, -0.25) is 9.89 Å². The maximum absolute atomic E-state index is 13.1. The zero-order chi connectivity index (χ0) is 21.1. The molecule has 0 bridgehead atoms. The predicted octanol–water partition coefficient (Wildman–Crippen LogP) is 3.29. The lowest BCUT2D eigenvalue weighted by molar-refractivity contribution is -0.138. The molecule has 3 fully saturated rings. The van der Waals surface area contributed by atoms with Crippen molar-refractivity contribution in [2.24, 2.45) is 5.41 Å². The van der Waals surface area contributed by atoms with Crippen LogP contribution in [-0.4, -0.2) is 50.3 Å². The molecule has 5 rings (SSSR count). The molecule has 8 nitrogen and oxygen atoms in total. The van der Waals surface area contributed by atoms with Crippen LogP contribution in [0, 0.1) is 5.41 Å². The smallest absolute Gasteiger partial charge is 0.408 e. The van der Waals surface area contributed by atoms with Crippen molar-refractivity contribution < 1.29 is 22.4 Å². The molecule has 2 aromatic rings. The summed E-state index contributed by atoms with van der Waals surface area (Å²) < 4.78 is 44.8. The zero-order valence-corrected chi connectivity index (χ0v) is 16.5. The largest absolute Gasteiger partial charge is 0.419 e. The fraction of sp³-hybridized carbons (Fsp3) is 0.684. The first kappa shape index (κ1) is 19.4. The number of hydrogen-bond acceptors (Lipinski definition) is 6. The predicted molar refractivity (Wildman–Crippen MR) is 98.6 cm³/mol. The van der Waals surface area contributed by atoms with Crippen LogP contribution >= 0.6 is 0 Å². The Morgan fingerprint density at radius 2 is 2.00 bits per heavy atom. The minimum absolute atomic E-state index is 0.0131. The van der Waals surface area contributed by atoms with Gasteiger partial charge in [0, 0.05) is 31.1 Å². The van der Waals surface area contributed by atoms with Gasteiger partial charge in [0.1, 0.15) is 6.04 Å². The van der Waals surface area contributed by atoms with Crippen LogP contribution in [0.4, 0.5) is 19.2 Å². The van der Waals surface area contributed by atoms with E-state index in [1.807, 2.05) is 4.90 Å². The molecular formula is C19H23F3N6O2. The van der Waals surface area contributed by atoms with Gasteiger partial charge in [-0.1, -0.05) is 5.10 Å². The van der Waals surface area contributed by atoms with Crippen molar-refractivity contribution >= 4 is 11.9 Å². The summed E-state index contributed by atoms with van der Waals surface area (Å²) in [4.78, 5) is 14.5. The van der Waals surface area contributed by atoms with Crippen molar-refractivity contribution in [3.05, 3.63) is 23.3 Å². The number of alkyl halides is 3. The number of halogens is 3. The second-order valence-electron chi connectivity index (χ2n) is 8.77. The summed E-state index contributed by atoms with van der Waals surface area (Å²) in [6, 6.07) is -0.421. The van der Waals surface area contributed by atoms with Gasteiger partial charge in [-0.2, -0.15) is 18.3 Å². The molecule has 162 valence electrons. The molecule has 2 aliphatic carbocycles. The third-order valence-electron chi connectivity index (χ3n) is 6.68. The molecule has 3 atom stereocenters. The first-order valence-electron chi connectivity index (χ1n) is 10.3. The second-order valence-corrected chi connectivity index (χ2v) is 8.77. The first-order valence-corrected chi connectivity index (χ1v) is 10.3. The Morgan fingerprint density at radius 1 is 1.27 bits per heavy atom. The number of hydrogen-bond donors (Lipinski definition) is 2. The standard InChI is InChI=1S/C19H23F3N6O2/c1-10(16(29)28-6-4-18(2-3-18)5-7-28)24-17-27-26-15(30-17)12-8-11(12)14-13(9-23-25-14)19(20,21)22/h9-12H,2-8H2,1H3,(H,23,25)(H,24,27)/t10-,11-,12-/m1/s1. The fourth-order valence-corrected chi connectivity index (χ4v) is 4.42. The van der Waals surface area contributed by atoms with Crippen LogP contribution in [0.15, 0.2) is 10.6 Å². The number of amides is 1. The van der Waals surface area contributed by atoms with E-state index in [4.69, 9.17) is 4.42 Å². The summed E-state index contributed by atoms with van der Waals surface area (Å²) in [6.07, 6.45) is 1.54. The van der Waals surface area contributed by atoms with Crippen molar-refractivity contribution in [3.8, 4) is 0 Å². The maximum atomic E-state index is 13.1. The number of H-pyrrole nitrogens is 1. The van der Waals surface area contributed by atoms with Crippen LogP contribution in [0.3, 0.4) is 0 Å². The van der Waals surface area contributed by atoms with Gasteiger partial charge in [0.15, 0.2) is 0 Å². The molecule has 2 saturated carbocycles. The molecule has 1 spiro atoms. The molecule has 30 heavy (non-hydrogen) atoms. The summed E-state index contributed by atoms with van der Waals surface area (Å²) in [5, 5.41) is 16.9. The van der Waals surface area contributed by atoms with Gasteiger partial charge >= 0.3 is 12.2 Å². The van der Waals surface area contributed by atoms with Crippen LogP contribution in [0.1, 0.15) is 68.0 Å². The normalized spacial score (nSPS) is 25.9. The molecular weight excluding hydrogens is 401 g/mol. The molecule has 1 aliphatic heterocycles. The lowest BCUT2D eigenvalue weighted by Gasteiger charge is -2.33. The Hall–Kier alpha value is -2.59.